The highest BCUT2D eigenvalue weighted by atomic mass is 16.6. The molecular weight excluding hydrogens is 320 g/mol. The van der Waals surface area contributed by atoms with Crippen molar-refractivity contribution in [3.63, 3.8) is 0 Å². The van der Waals surface area contributed by atoms with Gasteiger partial charge in [-0.25, -0.2) is 4.79 Å². The van der Waals surface area contributed by atoms with Crippen LogP contribution in [-0.2, 0) is 14.3 Å². The Morgan fingerprint density at radius 3 is 2.48 bits per heavy atom. The zero-order valence-corrected chi connectivity index (χ0v) is 16.1. The van der Waals surface area contributed by atoms with Crippen LogP contribution in [0.4, 0.5) is 4.79 Å². The van der Waals surface area contributed by atoms with Crippen molar-refractivity contribution >= 4 is 18.3 Å². The fraction of sp³-hybridized carbons (Fsp3) is 0.737. The molecule has 0 radical (unpaired) electrons. The number of hydrogen-bond acceptors (Lipinski definition) is 4. The number of nitrogens with one attached hydrogen (secondary N) is 1. The average Bonchev–Trinajstić information content (AvgIpc) is 2.89. The van der Waals surface area contributed by atoms with Gasteiger partial charge in [-0.2, -0.15) is 0 Å². The van der Waals surface area contributed by atoms with Crippen LogP contribution in [0.1, 0.15) is 60.3 Å². The molecule has 1 aliphatic heterocycles. The molecule has 2 atom stereocenters. The molecule has 1 saturated heterocycles. The molecule has 142 valence electrons. The van der Waals surface area contributed by atoms with E-state index in [1.54, 1.807) is 26.8 Å². The fourth-order valence-electron chi connectivity index (χ4n) is 3.20. The predicted molar refractivity (Wildman–Crippen MR) is 97.2 cm³/mol. The van der Waals surface area contributed by atoms with Crippen molar-refractivity contribution in [1.82, 2.24) is 10.2 Å². The number of rotatable bonds is 7. The van der Waals surface area contributed by atoms with Crippen molar-refractivity contribution in [2.75, 3.05) is 6.54 Å². The zero-order chi connectivity index (χ0) is 19.3. The van der Waals surface area contributed by atoms with Gasteiger partial charge in [0, 0.05) is 6.54 Å². The van der Waals surface area contributed by atoms with Crippen molar-refractivity contribution < 1.29 is 19.1 Å². The lowest BCUT2D eigenvalue weighted by Gasteiger charge is -2.38. The maximum atomic E-state index is 13.0. The second-order valence-corrected chi connectivity index (χ2v) is 8.11. The van der Waals surface area contributed by atoms with Gasteiger partial charge >= 0.3 is 6.09 Å². The Morgan fingerprint density at radius 2 is 2.00 bits per heavy atom. The first-order chi connectivity index (χ1) is 11.6. The van der Waals surface area contributed by atoms with E-state index in [-0.39, 0.29) is 11.8 Å². The molecule has 1 fully saturated rings. The monoisotopic (exact) mass is 352 g/mol. The van der Waals surface area contributed by atoms with Crippen LogP contribution in [-0.4, -0.2) is 46.9 Å². The Morgan fingerprint density at radius 1 is 1.36 bits per heavy atom. The molecule has 6 heteroatoms. The normalized spacial score (nSPS) is 21.8. The molecular formula is C19H32N2O4. The fourth-order valence-corrected chi connectivity index (χ4v) is 3.20. The Balaban J connectivity index is 3.03. The van der Waals surface area contributed by atoms with Crippen molar-refractivity contribution in [2.24, 2.45) is 5.92 Å². The van der Waals surface area contributed by atoms with Crippen LogP contribution in [0.15, 0.2) is 12.7 Å². The third-order valence-corrected chi connectivity index (χ3v) is 4.21. The largest absolute Gasteiger partial charge is 0.444 e. The van der Waals surface area contributed by atoms with Gasteiger partial charge in [-0.1, -0.05) is 19.9 Å². The van der Waals surface area contributed by atoms with Crippen LogP contribution in [0, 0.1) is 5.92 Å². The maximum Gasteiger partial charge on any atom is 0.411 e. The molecule has 1 aliphatic rings. The summed E-state index contributed by atoms with van der Waals surface area (Å²) < 4.78 is 5.47. The van der Waals surface area contributed by atoms with E-state index >= 15 is 0 Å². The summed E-state index contributed by atoms with van der Waals surface area (Å²) in [5.74, 6) is -0.0371. The number of nitrogens with zero attached hydrogens (tertiary/aromatic N) is 1. The number of amides is 2. The smallest absolute Gasteiger partial charge is 0.411 e. The van der Waals surface area contributed by atoms with E-state index in [4.69, 9.17) is 4.74 Å². The van der Waals surface area contributed by atoms with Crippen LogP contribution < -0.4 is 5.32 Å². The SMILES string of the molecule is C=CC[C@@]1(C(=O)N[C@@H](C=O)CC(C)C)CCCN1C(=O)OC(C)(C)C. The van der Waals surface area contributed by atoms with Gasteiger partial charge in [0.25, 0.3) is 0 Å². The summed E-state index contributed by atoms with van der Waals surface area (Å²) in [5, 5.41) is 2.81. The van der Waals surface area contributed by atoms with Crippen LogP contribution in [0.5, 0.6) is 0 Å². The standard InChI is InChI=1S/C19H32N2O4/c1-7-9-19(16(23)20-15(13-22)12-14(2)3)10-8-11-21(19)17(24)25-18(4,5)6/h7,13-15H,1,8-12H2,2-6H3,(H,20,23)/t15-,19+/m1/s1. The summed E-state index contributed by atoms with van der Waals surface area (Å²) in [6, 6.07) is -0.560. The lowest BCUT2D eigenvalue weighted by molar-refractivity contribution is -0.133. The molecule has 2 amide bonds. The maximum absolute atomic E-state index is 13.0. The highest BCUT2D eigenvalue weighted by Crippen LogP contribution is 2.35. The van der Waals surface area contributed by atoms with Gasteiger partial charge in [0.1, 0.15) is 17.4 Å². The first-order valence-electron chi connectivity index (χ1n) is 8.93. The molecule has 0 unspecified atom stereocenters. The molecule has 0 saturated carbocycles. The number of carbonyl (C=O) groups excluding carboxylic acids is 3. The number of likely N-dealkylation sites (tertiary alicyclic amines) is 1. The predicted octanol–water partition coefficient (Wildman–Crippen LogP) is 3.06. The van der Waals surface area contributed by atoms with Gasteiger partial charge in [-0.05, 0) is 52.4 Å². The van der Waals surface area contributed by atoms with E-state index in [1.165, 1.54) is 4.90 Å². The van der Waals surface area contributed by atoms with Gasteiger partial charge in [0.2, 0.25) is 5.91 Å². The second-order valence-electron chi connectivity index (χ2n) is 8.11. The van der Waals surface area contributed by atoms with Crippen LogP contribution in [0.2, 0.25) is 0 Å². The topological polar surface area (TPSA) is 75.7 Å². The number of aldehydes is 1. The minimum atomic E-state index is -1.04. The summed E-state index contributed by atoms with van der Waals surface area (Å²) in [4.78, 5) is 38.4. The van der Waals surface area contributed by atoms with E-state index in [1.807, 2.05) is 13.8 Å². The van der Waals surface area contributed by atoms with Crippen molar-refractivity contribution in [2.45, 2.75) is 77.5 Å². The molecule has 1 heterocycles. The quantitative estimate of drug-likeness (QED) is 0.564. The van der Waals surface area contributed by atoms with Gasteiger partial charge in [-0.15, -0.1) is 6.58 Å². The first-order valence-corrected chi connectivity index (χ1v) is 8.93. The summed E-state index contributed by atoms with van der Waals surface area (Å²) in [6.07, 6.45) is 4.01. The lowest BCUT2D eigenvalue weighted by atomic mass is 9.90. The van der Waals surface area contributed by atoms with Gasteiger partial charge in [-0.3, -0.25) is 9.69 Å². The van der Waals surface area contributed by atoms with Crippen molar-refractivity contribution in [1.29, 1.82) is 0 Å². The lowest BCUT2D eigenvalue weighted by Crippen LogP contribution is -2.59. The number of ether oxygens (including phenoxy) is 1. The minimum Gasteiger partial charge on any atom is -0.444 e. The summed E-state index contributed by atoms with van der Waals surface area (Å²) in [7, 11) is 0. The summed E-state index contributed by atoms with van der Waals surface area (Å²) in [6.45, 7) is 13.6. The van der Waals surface area contributed by atoms with E-state index in [0.717, 1.165) is 6.29 Å². The van der Waals surface area contributed by atoms with E-state index in [0.29, 0.717) is 32.2 Å². The Kier molecular flexibility index (Phi) is 7.20. The molecule has 0 bridgehead atoms. The van der Waals surface area contributed by atoms with Gasteiger partial charge in [0.05, 0.1) is 6.04 Å². The molecule has 0 aromatic carbocycles. The van der Waals surface area contributed by atoms with E-state index < -0.39 is 23.3 Å². The molecule has 1 rings (SSSR count). The first kappa shape index (κ1) is 21.2. The molecule has 0 aliphatic carbocycles. The number of carbonyl (C=O) groups is 3. The van der Waals surface area contributed by atoms with Gasteiger partial charge < -0.3 is 14.8 Å². The molecule has 0 aromatic rings. The molecule has 0 aromatic heterocycles. The van der Waals surface area contributed by atoms with Crippen LogP contribution in [0.25, 0.3) is 0 Å². The zero-order valence-electron chi connectivity index (χ0n) is 16.1. The highest BCUT2D eigenvalue weighted by Gasteiger charge is 2.50. The van der Waals surface area contributed by atoms with E-state index in [2.05, 4.69) is 11.9 Å². The van der Waals surface area contributed by atoms with Crippen molar-refractivity contribution in [3.8, 4) is 0 Å². The van der Waals surface area contributed by atoms with Crippen LogP contribution in [0.3, 0.4) is 0 Å². The van der Waals surface area contributed by atoms with Crippen molar-refractivity contribution in [3.05, 3.63) is 12.7 Å². The summed E-state index contributed by atoms with van der Waals surface area (Å²) in [5.41, 5.74) is -1.68. The molecule has 1 N–H and O–H groups in total. The minimum absolute atomic E-state index is 0.274. The number of hydrogen-bond donors (Lipinski definition) is 1. The Hall–Kier alpha value is -1.85. The third-order valence-electron chi connectivity index (χ3n) is 4.21. The van der Waals surface area contributed by atoms with Crippen LogP contribution >= 0.6 is 0 Å². The molecule has 6 nitrogen and oxygen atoms in total. The third kappa shape index (κ3) is 5.58. The average molecular weight is 352 g/mol. The molecule has 0 spiro atoms. The van der Waals surface area contributed by atoms with Gasteiger partial charge in [0.15, 0.2) is 0 Å². The second kappa shape index (κ2) is 8.50. The molecule has 25 heavy (non-hydrogen) atoms. The Bertz CT molecular complexity index is 510. The Labute approximate surface area is 151 Å². The highest BCUT2D eigenvalue weighted by molar-refractivity contribution is 5.92. The van der Waals surface area contributed by atoms with E-state index in [9.17, 15) is 14.4 Å². The summed E-state index contributed by atoms with van der Waals surface area (Å²) >= 11 is 0.